The second-order valence-corrected chi connectivity index (χ2v) is 8.87. The summed E-state index contributed by atoms with van der Waals surface area (Å²) in [5, 5.41) is 6.97. The molecule has 1 amide bonds. The molecular weight excluding hydrogens is 348 g/mol. The van der Waals surface area contributed by atoms with Crippen LogP contribution in [0.3, 0.4) is 0 Å². The van der Waals surface area contributed by atoms with E-state index < -0.39 is 0 Å². The molecule has 7 heteroatoms. The lowest BCUT2D eigenvalue weighted by atomic mass is 9.99. The van der Waals surface area contributed by atoms with Crippen molar-refractivity contribution in [3.63, 3.8) is 0 Å². The third kappa shape index (κ3) is 6.05. The standard InChI is InChI=1S/C19H36N4O2S/c1-5-20-18(21-14-19(26-4)8-12-25-13-9-19)22-16-6-10-23(11-7-16)17(24)15(2)3/h15-16H,5-14H2,1-4H3,(H2,20,21,22). The molecule has 2 fully saturated rings. The van der Waals surface area contributed by atoms with Gasteiger partial charge in [-0.2, -0.15) is 11.8 Å². The number of piperidine rings is 1. The van der Waals surface area contributed by atoms with E-state index in [1.54, 1.807) is 0 Å². The summed E-state index contributed by atoms with van der Waals surface area (Å²) in [5.41, 5.74) is 0. The number of guanidine groups is 1. The summed E-state index contributed by atoms with van der Waals surface area (Å²) in [5.74, 6) is 1.26. The lowest BCUT2D eigenvalue weighted by Crippen LogP contribution is -2.50. The predicted molar refractivity (Wildman–Crippen MR) is 110 cm³/mol. The first-order valence-electron chi connectivity index (χ1n) is 9.96. The number of nitrogens with one attached hydrogen (secondary N) is 2. The Morgan fingerprint density at radius 3 is 2.50 bits per heavy atom. The molecule has 0 aromatic carbocycles. The van der Waals surface area contributed by atoms with Gasteiger partial charge >= 0.3 is 0 Å². The van der Waals surface area contributed by atoms with Gasteiger partial charge in [0.05, 0.1) is 6.54 Å². The Bertz CT molecular complexity index is 470. The first kappa shape index (κ1) is 21.4. The zero-order chi connectivity index (χ0) is 19.0. The third-order valence-corrected chi connectivity index (χ3v) is 6.75. The van der Waals surface area contributed by atoms with E-state index >= 15 is 0 Å². The van der Waals surface area contributed by atoms with Crippen LogP contribution in [-0.4, -0.2) is 73.2 Å². The van der Waals surface area contributed by atoms with Crippen molar-refractivity contribution >= 4 is 23.6 Å². The molecule has 2 aliphatic rings. The van der Waals surface area contributed by atoms with Gasteiger partial charge in [0.15, 0.2) is 5.96 Å². The fourth-order valence-corrected chi connectivity index (χ4v) is 4.28. The van der Waals surface area contributed by atoms with Gasteiger partial charge in [-0.25, -0.2) is 0 Å². The van der Waals surface area contributed by atoms with Crippen molar-refractivity contribution in [1.29, 1.82) is 0 Å². The molecule has 0 spiro atoms. The number of thioether (sulfide) groups is 1. The predicted octanol–water partition coefficient (Wildman–Crippen LogP) is 2.10. The molecular formula is C19H36N4O2S. The fourth-order valence-electron chi connectivity index (χ4n) is 3.52. The highest BCUT2D eigenvalue weighted by Crippen LogP contribution is 2.34. The van der Waals surface area contributed by atoms with Crippen LogP contribution in [0.1, 0.15) is 46.5 Å². The molecule has 6 nitrogen and oxygen atoms in total. The summed E-state index contributed by atoms with van der Waals surface area (Å²) in [7, 11) is 0. The normalized spacial score (nSPS) is 21.7. The highest BCUT2D eigenvalue weighted by molar-refractivity contribution is 8.00. The topological polar surface area (TPSA) is 66.0 Å². The van der Waals surface area contributed by atoms with Crippen molar-refractivity contribution in [3.8, 4) is 0 Å². The van der Waals surface area contributed by atoms with Crippen molar-refractivity contribution in [2.24, 2.45) is 10.9 Å². The summed E-state index contributed by atoms with van der Waals surface area (Å²) >= 11 is 1.92. The average molecular weight is 385 g/mol. The second kappa shape index (κ2) is 10.4. The number of aliphatic imine (C=N–C) groups is 1. The molecule has 150 valence electrons. The van der Waals surface area contributed by atoms with E-state index in [0.717, 1.165) is 71.0 Å². The molecule has 0 bridgehead atoms. The van der Waals surface area contributed by atoms with Crippen molar-refractivity contribution < 1.29 is 9.53 Å². The number of carbonyl (C=O) groups is 1. The summed E-state index contributed by atoms with van der Waals surface area (Å²) in [6.07, 6.45) is 6.26. The van der Waals surface area contributed by atoms with Crippen LogP contribution >= 0.6 is 11.8 Å². The number of amides is 1. The minimum atomic E-state index is 0.0839. The first-order chi connectivity index (χ1) is 12.5. The monoisotopic (exact) mass is 384 g/mol. The smallest absolute Gasteiger partial charge is 0.225 e. The Kier molecular flexibility index (Phi) is 8.54. The Morgan fingerprint density at radius 1 is 1.31 bits per heavy atom. The molecule has 2 heterocycles. The van der Waals surface area contributed by atoms with Gasteiger partial charge in [-0.05, 0) is 38.9 Å². The van der Waals surface area contributed by atoms with Crippen LogP contribution in [0.25, 0.3) is 0 Å². The van der Waals surface area contributed by atoms with Crippen molar-refractivity contribution in [1.82, 2.24) is 15.5 Å². The van der Waals surface area contributed by atoms with E-state index in [4.69, 9.17) is 9.73 Å². The van der Waals surface area contributed by atoms with Gasteiger partial charge in [0, 0.05) is 49.6 Å². The molecule has 2 N–H and O–H groups in total. The van der Waals surface area contributed by atoms with E-state index in [0.29, 0.717) is 6.04 Å². The zero-order valence-electron chi connectivity index (χ0n) is 16.8. The minimum Gasteiger partial charge on any atom is -0.381 e. The van der Waals surface area contributed by atoms with Crippen LogP contribution in [0.15, 0.2) is 4.99 Å². The quantitative estimate of drug-likeness (QED) is 0.542. The second-order valence-electron chi connectivity index (χ2n) is 7.59. The fraction of sp³-hybridized carbons (Fsp3) is 0.895. The maximum Gasteiger partial charge on any atom is 0.225 e. The van der Waals surface area contributed by atoms with Gasteiger partial charge in [0.25, 0.3) is 0 Å². The number of nitrogens with zero attached hydrogens (tertiary/aromatic N) is 2. The van der Waals surface area contributed by atoms with Gasteiger partial charge in [0.2, 0.25) is 5.91 Å². The molecule has 0 radical (unpaired) electrons. The SMILES string of the molecule is CCNC(=NCC1(SC)CCOCC1)NC1CCN(C(=O)C(C)C)CC1. The third-order valence-electron chi connectivity index (χ3n) is 5.35. The number of rotatable bonds is 6. The van der Waals surface area contributed by atoms with Gasteiger partial charge in [0.1, 0.15) is 0 Å². The minimum absolute atomic E-state index is 0.0839. The Balaban J connectivity index is 1.88. The lowest BCUT2D eigenvalue weighted by Gasteiger charge is -2.35. The summed E-state index contributed by atoms with van der Waals surface area (Å²) in [6.45, 7) is 11.1. The van der Waals surface area contributed by atoms with Crippen molar-refractivity contribution in [3.05, 3.63) is 0 Å². The number of carbonyl (C=O) groups excluding carboxylic acids is 1. The van der Waals surface area contributed by atoms with Gasteiger partial charge in [-0.1, -0.05) is 13.8 Å². The zero-order valence-corrected chi connectivity index (χ0v) is 17.7. The van der Waals surface area contributed by atoms with Crippen molar-refractivity contribution in [2.45, 2.75) is 57.2 Å². The largest absolute Gasteiger partial charge is 0.381 e. The van der Waals surface area contributed by atoms with Gasteiger partial charge in [-0.3, -0.25) is 9.79 Å². The molecule has 26 heavy (non-hydrogen) atoms. The highest BCUT2D eigenvalue weighted by atomic mass is 32.2. The highest BCUT2D eigenvalue weighted by Gasteiger charge is 2.32. The van der Waals surface area contributed by atoms with Crippen molar-refractivity contribution in [2.75, 3.05) is 45.6 Å². The maximum atomic E-state index is 12.1. The molecule has 0 aromatic heterocycles. The molecule has 0 aliphatic carbocycles. The molecule has 0 unspecified atom stereocenters. The van der Waals surface area contributed by atoms with E-state index in [2.05, 4.69) is 23.8 Å². The van der Waals surface area contributed by atoms with Gasteiger partial charge < -0.3 is 20.3 Å². The Labute approximate surface area is 162 Å². The lowest BCUT2D eigenvalue weighted by molar-refractivity contribution is -0.135. The molecule has 2 rings (SSSR count). The van der Waals surface area contributed by atoms with E-state index in [-0.39, 0.29) is 16.6 Å². The molecule has 2 saturated heterocycles. The van der Waals surface area contributed by atoms with Crippen LogP contribution in [0.5, 0.6) is 0 Å². The van der Waals surface area contributed by atoms with Gasteiger partial charge in [-0.15, -0.1) is 0 Å². The first-order valence-corrected chi connectivity index (χ1v) is 11.2. The summed E-state index contributed by atoms with van der Waals surface area (Å²) in [6, 6.07) is 0.379. The van der Waals surface area contributed by atoms with Crippen LogP contribution in [0, 0.1) is 5.92 Å². The van der Waals surface area contributed by atoms with E-state index in [1.165, 1.54) is 0 Å². The molecule has 0 atom stereocenters. The van der Waals surface area contributed by atoms with Crippen LogP contribution in [0.2, 0.25) is 0 Å². The summed E-state index contributed by atoms with van der Waals surface area (Å²) < 4.78 is 5.73. The number of hydrogen-bond donors (Lipinski definition) is 2. The summed E-state index contributed by atoms with van der Waals surface area (Å²) in [4.78, 5) is 19.0. The van der Waals surface area contributed by atoms with E-state index in [9.17, 15) is 4.79 Å². The molecule has 2 aliphatic heterocycles. The number of ether oxygens (including phenoxy) is 1. The number of hydrogen-bond acceptors (Lipinski definition) is 4. The molecule has 0 saturated carbocycles. The van der Waals surface area contributed by atoms with Crippen LogP contribution < -0.4 is 10.6 Å². The van der Waals surface area contributed by atoms with Crippen LogP contribution in [0.4, 0.5) is 0 Å². The Hall–Kier alpha value is -0.950. The number of likely N-dealkylation sites (tertiary alicyclic amines) is 1. The maximum absolute atomic E-state index is 12.1. The average Bonchev–Trinajstić information content (AvgIpc) is 2.67. The van der Waals surface area contributed by atoms with E-state index in [1.807, 2.05) is 30.5 Å². The van der Waals surface area contributed by atoms with Crippen LogP contribution in [-0.2, 0) is 9.53 Å². The molecule has 0 aromatic rings. The Morgan fingerprint density at radius 2 is 1.96 bits per heavy atom.